The highest BCUT2D eigenvalue weighted by molar-refractivity contribution is 6.31. The van der Waals surface area contributed by atoms with Gasteiger partial charge < -0.3 is 24.7 Å². The largest absolute Gasteiger partial charge is 0.493 e. The summed E-state index contributed by atoms with van der Waals surface area (Å²) >= 11 is 6.30. The van der Waals surface area contributed by atoms with Crippen molar-refractivity contribution in [2.45, 2.75) is 31.9 Å². The van der Waals surface area contributed by atoms with Crippen molar-refractivity contribution in [3.05, 3.63) is 94.1 Å². The van der Waals surface area contributed by atoms with Gasteiger partial charge in [-0.2, -0.15) is 0 Å². The minimum absolute atomic E-state index is 0.284. The van der Waals surface area contributed by atoms with E-state index in [1.807, 2.05) is 61.5 Å². The normalized spacial score (nSPS) is 15.9. The molecule has 1 aliphatic heterocycles. The number of aromatic nitrogens is 1. The lowest BCUT2D eigenvalue weighted by molar-refractivity contribution is 0.0754. The Bertz CT molecular complexity index is 1380. The molecule has 0 aliphatic carbocycles. The molecule has 1 aliphatic rings. The number of fused-ring (bicyclic) bond motifs is 3. The molecule has 3 N–H and O–H groups in total. The Morgan fingerprint density at radius 3 is 2.57 bits per heavy atom. The van der Waals surface area contributed by atoms with Gasteiger partial charge >= 0.3 is 6.09 Å². The number of rotatable bonds is 7. The minimum atomic E-state index is -0.802. The molecule has 4 aromatic rings. The number of ether oxygens (including phenoxy) is 2. The second kappa shape index (κ2) is 10.8. The number of H-pyrrole nitrogens is 1. The van der Waals surface area contributed by atoms with E-state index in [-0.39, 0.29) is 13.2 Å². The summed E-state index contributed by atoms with van der Waals surface area (Å²) in [6, 6.07) is 20.3. The van der Waals surface area contributed by atoms with Crippen LogP contribution in [0.15, 0.2) is 66.7 Å². The lowest BCUT2D eigenvalue weighted by Crippen LogP contribution is -2.42. The van der Waals surface area contributed by atoms with Crippen molar-refractivity contribution in [1.29, 1.82) is 0 Å². The molecule has 192 valence electrons. The van der Waals surface area contributed by atoms with E-state index in [1.54, 1.807) is 17.0 Å². The number of carbonyl (C=O) groups excluding carboxylic acids is 1. The maximum atomic E-state index is 13.4. The Hall–Kier alpha value is -3.52. The average molecular weight is 521 g/mol. The van der Waals surface area contributed by atoms with E-state index >= 15 is 0 Å². The van der Waals surface area contributed by atoms with Gasteiger partial charge in [0.2, 0.25) is 0 Å². The smallest absolute Gasteiger partial charge is 0.416 e. The van der Waals surface area contributed by atoms with Crippen LogP contribution in [-0.2, 0) is 6.42 Å². The SMILES string of the molecule is Cc1ccc(OC(=O)N2CCc3c([nH]c4ccc(Cl)cc34)[C@@H]2c2ccc(OCC[C@H](O)CO)cc2)cc1. The molecule has 0 radical (unpaired) electrons. The summed E-state index contributed by atoms with van der Waals surface area (Å²) in [6.07, 6.45) is -0.220. The van der Waals surface area contributed by atoms with Crippen molar-refractivity contribution in [2.75, 3.05) is 19.8 Å². The molecular weight excluding hydrogens is 492 g/mol. The zero-order chi connectivity index (χ0) is 25.9. The third kappa shape index (κ3) is 5.44. The zero-order valence-electron chi connectivity index (χ0n) is 20.5. The van der Waals surface area contributed by atoms with Crippen LogP contribution in [0.4, 0.5) is 4.79 Å². The first-order valence-corrected chi connectivity index (χ1v) is 12.7. The first-order chi connectivity index (χ1) is 17.9. The third-order valence-electron chi connectivity index (χ3n) is 6.68. The molecule has 3 aromatic carbocycles. The number of nitrogens with one attached hydrogen (secondary N) is 1. The quantitative estimate of drug-likeness (QED) is 0.303. The molecule has 37 heavy (non-hydrogen) atoms. The molecule has 2 atom stereocenters. The minimum Gasteiger partial charge on any atom is -0.493 e. The number of nitrogens with zero attached hydrogens (tertiary/aromatic N) is 1. The van der Waals surface area contributed by atoms with E-state index in [4.69, 9.17) is 26.2 Å². The molecular formula is C29H29ClN2O5. The Labute approximate surface area is 220 Å². The molecule has 2 heterocycles. The van der Waals surface area contributed by atoms with E-state index in [2.05, 4.69) is 4.98 Å². The lowest BCUT2D eigenvalue weighted by atomic mass is 9.92. The summed E-state index contributed by atoms with van der Waals surface area (Å²) in [5.41, 5.74) is 5.03. The number of halogens is 1. The Kier molecular flexibility index (Phi) is 7.37. The van der Waals surface area contributed by atoms with Crippen molar-refractivity contribution in [2.24, 2.45) is 0 Å². The van der Waals surface area contributed by atoms with Gasteiger partial charge in [0.25, 0.3) is 0 Å². The molecule has 8 heteroatoms. The number of aromatic amines is 1. The van der Waals surface area contributed by atoms with Crippen LogP contribution in [0.1, 0.15) is 34.8 Å². The lowest BCUT2D eigenvalue weighted by Gasteiger charge is -2.35. The van der Waals surface area contributed by atoms with E-state index in [9.17, 15) is 9.90 Å². The zero-order valence-corrected chi connectivity index (χ0v) is 21.2. The summed E-state index contributed by atoms with van der Waals surface area (Å²) in [5, 5.41) is 20.2. The number of aliphatic hydroxyl groups is 2. The van der Waals surface area contributed by atoms with Crippen LogP contribution in [0.2, 0.25) is 5.02 Å². The molecule has 0 saturated heterocycles. The second-order valence-electron chi connectivity index (χ2n) is 9.28. The van der Waals surface area contributed by atoms with E-state index in [1.165, 1.54) is 0 Å². The van der Waals surface area contributed by atoms with Crippen LogP contribution in [0.5, 0.6) is 11.5 Å². The van der Waals surface area contributed by atoms with Gasteiger partial charge in [0.05, 0.1) is 19.3 Å². The van der Waals surface area contributed by atoms with Gasteiger partial charge in [-0.1, -0.05) is 41.4 Å². The van der Waals surface area contributed by atoms with Gasteiger partial charge in [0.1, 0.15) is 17.5 Å². The Morgan fingerprint density at radius 1 is 1.11 bits per heavy atom. The highest BCUT2D eigenvalue weighted by atomic mass is 35.5. The topological polar surface area (TPSA) is 95.0 Å². The fraction of sp³-hybridized carbons (Fsp3) is 0.276. The fourth-order valence-electron chi connectivity index (χ4n) is 4.72. The van der Waals surface area contributed by atoms with Crippen LogP contribution >= 0.6 is 11.6 Å². The monoisotopic (exact) mass is 520 g/mol. The summed E-state index contributed by atoms with van der Waals surface area (Å²) in [7, 11) is 0. The number of aliphatic hydroxyl groups excluding tert-OH is 2. The van der Waals surface area contributed by atoms with Crippen molar-refractivity contribution in [1.82, 2.24) is 9.88 Å². The second-order valence-corrected chi connectivity index (χ2v) is 9.71. The van der Waals surface area contributed by atoms with Crippen molar-refractivity contribution < 1.29 is 24.5 Å². The first kappa shape index (κ1) is 25.1. The molecule has 0 spiro atoms. The standard InChI is InChI=1S/C29H29ClN2O5/c1-18-2-7-23(8-3-18)37-29(35)32-14-12-24-25-16-20(30)6-11-26(25)31-27(24)28(32)19-4-9-22(10-5-19)36-15-13-21(34)17-33/h2-11,16,21,28,31,33-34H,12-15,17H2,1H3/t21-,28-/m0/s1. The fourth-order valence-corrected chi connectivity index (χ4v) is 4.89. The summed E-state index contributed by atoms with van der Waals surface area (Å²) < 4.78 is 11.5. The summed E-state index contributed by atoms with van der Waals surface area (Å²) in [6.45, 7) is 2.46. The maximum absolute atomic E-state index is 13.4. The van der Waals surface area contributed by atoms with Crippen LogP contribution < -0.4 is 9.47 Å². The van der Waals surface area contributed by atoms with Crippen LogP contribution in [0.25, 0.3) is 10.9 Å². The molecule has 0 fully saturated rings. The van der Waals surface area contributed by atoms with Gasteiger partial charge in [-0.15, -0.1) is 0 Å². The van der Waals surface area contributed by atoms with E-state index in [0.29, 0.717) is 35.9 Å². The molecule has 0 unspecified atom stereocenters. The van der Waals surface area contributed by atoms with E-state index < -0.39 is 18.2 Å². The average Bonchev–Trinajstić information content (AvgIpc) is 3.27. The number of benzene rings is 3. The van der Waals surface area contributed by atoms with E-state index in [0.717, 1.165) is 33.3 Å². The van der Waals surface area contributed by atoms with Crippen molar-refractivity contribution in [3.8, 4) is 11.5 Å². The van der Waals surface area contributed by atoms with Gasteiger partial charge in [-0.25, -0.2) is 4.79 Å². The highest BCUT2D eigenvalue weighted by Gasteiger charge is 2.35. The molecule has 0 bridgehead atoms. The van der Waals surface area contributed by atoms with Gasteiger partial charge in [0, 0.05) is 34.6 Å². The Morgan fingerprint density at radius 2 is 1.84 bits per heavy atom. The van der Waals surface area contributed by atoms with Crippen LogP contribution in [0, 0.1) is 6.92 Å². The molecule has 1 aromatic heterocycles. The molecule has 5 rings (SSSR count). The predicted molar refractivity (Wildman–Crippen MR) is 142 cm³/mol. The summed E-state index contributed by atoms with van der Waals surface area (Å²) in [5.74, 6) is 1.14. The maximum Gasteiger partial charge on any atom is 0.416 e. The van der Waals surface area contributed by atoms with Crippen LogP contribution in [0.3, 0.4) is 0 Å². The number of aryl methyl sites for hydroxylation is 1. The summed E-state index contributed by atoms with van der Waals surface area (Å²) in [4.78, 5) is 18.7. The molecule has 1 amide bonds. The molecule has 0 saturated carbocycles. The molecule has 7 nitrogen and oxygen atoms in total. The number of hydrogen-bond donors (Lipinski definition) is 3. The van der Waals surface area contributed by atoms with Gasteiger partial charge in [-0.05, 0) is 66.9 Å². The highest BCUT2D eigenvalue weighted by Crippen LogP contribution is 2.40. The van der Waals surface area contributed by atoms with Gasteiger partial charge in [-0.3, -0.25) is 4.90 Å². The predicted octanol–water partition coefficient (Wildman–Crippen LogP) is 5.40. The van der Waals surface area contributed by atoms with Gasteiger partial charge in [0.15, 0.2) is 0 Å². The van der Waals surface area contributed by atoms with Crippen molar-refractivity contribution in [3.63, 3.8) is 0 Å². The first-order valence-electron chi connectivity index (χ1n) is 12.3. The van der Waals surface area contributed by atoms with Crippen LogP contribution in [-0.4, -0.2) is 52.1 Å². The third-order valence-corrected chi connectivity index (χ3v) is 6.91. The Balaban J connectivity index is 1.46. The number of amides is 1. The number of hydrogen-bond acceptors (Lipinski definition) is 5. The number of carbonyl (C=O) groups is 1. The van der Waals surface area contributed by atoms with Crippen molar-refractivity contribution >= 4 is 28.6 Å².